The smallest absolute Gasteiger partial charge is 0.322 e. The van der Waals surface area contributed by atoms with Crippen molar-refractivity contribution >= 4 is 35.5 Å². The summed E-state index contributed by atoms with van der Waals surface area (Å²) >= 11 is 0. The number of halogens is 3. The van der Waals surface area contributed by atoms with Gasteiger partial charge in [-0.15, -0.1) is 0 Å². The van der Waals surface area contributed by atoms with Crippen LogP contribution in [-0.4, -0.2) is 41.9 Å². The van der Waals surface area contributed by atoms with Gasteiger partial charge < -0.3 is 10.6 Å². The maximum absolute atomic E-state index is 13.1. The minimum atomic E-state index is -1.64. The molecule has 5 N–H and O–H groups in total. The first kappa shape index (κ1) is 20.9. The number of benzene rings is 1. The Morgan fingerprint density at radius 2 is 1.89 bits per heavy atom. The van der Waals surface area contributed by atoms with E-state index in [0.29, 0.717) is 12.1 Å². The van der Waals surface area contributed by atoms with Crippen molar-refractivity contribution in [3.8, 4) is 0 Å². The second-order valence-corrected chi connectivity index (χ2v) is 6.25. The molecule has 0 aliphatic carbocycles. The summed E-state index contributed by atoms with van der Waals surface area (Å²) < 4.78 is 39.0. The number of nitrogens with one attached hydrogen (secondary N) is 5. The Morgan fingerprint density at radius 3 is 2.39 bits per heavy atom. The fourth-order valence-electron chi connectivity index (χ4n) is 2.41. The fraction of sp³-hybridized carbons (Fsp3) is 0.312. The zero-order chi connectivity index (χ0) is 21.1. The summed E-state index contributed by atoms with van der Waals surface area (Å²) in [5, 5.41) is 18.0. The summed E-state index contributed by atoms with van der Waals surface area (Å²) in [6.07, 6.45) is 0.754. The minimum absolute atomic E-state index is 0.232. The highest BCUT2D eigenvalue weighted by atomic mass is 19.2. The standard InChI is InChI=1S/C16H17F3N6O3/c1-7(2)16(14(27)23-15(28)24-16)6-21-13(26)11(20)5-22-25-8-3-9(17)12(19)10(18)4-8/h3-5,7,20,25H,6H2,1-2H3,(H,21,26)(H2,23,24,27,28)/b20-11?,22-5-. The summed E-state index contributed by atoms with van der Waals surface area (Å²) in [6, 6.07) is 0.605. The van der Waals surface area contributed by atoms with Crippen LogP contribution in [0.2, 0.25) is 0 Å². The van der Waals surface area contributed by atoms with Gasteiger partial charge in [0.2, 0.25) is 0 Å². The third-order valence-corrected chi connectivity index (χ3v) is 4.10. The predicted molar refractivity (Wildman–Crippen MR) is 93.4 cm³/mol. The maximum Gasteiger partial charge on any atom is 0.322 e. The summed E-state index contributed by atoms with van der Waals surface area (Å²) in [6.45, 7) is 3.09. The number of carbonyl (C=O) groups is 3. The van der Waals surface area contributed by atoms with E-state index in [0.717, 1.165) is 6.21 Å². The Hall–Kier alpha value is -3.44. The molecular weight excluding hydrogens is 381 g/mol. The molecule has 12 heteroatoms. The van der Waals surface area contributed by atoms with E-state index in [1.165, 1.54) is 0 Å². The summed E-state index contributed by atoms with van der Waals surface area (Å²) in [7, 11) is 0. The number of imide groups is 1. The second-order valence-electron chi connectivity index (χ2n) is 6.25. The van der Waals surface area contributed by atoms with Gasteiger partial charge in [-0.25, -0.2) is 18.0 Å². The summed E-state index contributed by atoms with van der Waals surface area (Å²) in [5.41, 5.74) is -0.0708. The molecule has 1 aliphatic heterocycles. The van der Waals surface area contributed by atoms with E-state index < -0.39 is 46.5 Å². The first-order chi connectivity index (χ1) is 13.1. The van der Waals surface area contributed by atoms with Gasteiger partial charge in [-0.1, -0.05) is 13.8 Å². The van der Waals surface area contributed by atoms with Gasteiger partial charge in [-0.3, -0.25) is 25.7 Å². The van der Waals surface area contributed by atoms with Gasteiger partial charge in [-0.2, -0.15) is 5.10 Å². The second kappa shape index (κ2) is 8.06. The number of hydrazone groups is 1. The Balaban J connectivity index is 1.96. The Labute approximate surface area is 157 Å². The number of anilines is 1. The number of hydrogen-bond donors (Lipinski definition) is 5. The Kier molecular flexibility index (Phi) is 6.01. The molecule has 150 valence electrons. The van der Waals surface area contributed by atoms with Crippen molar-refractivity contribution in [3.05, 3.63) is 29.6 Å². The van der Waals surface area contributed by atoms with Crippen molar-refractivity contribution < 1.29 is 27.6 Å². The average molecular weight is 398 g/mol. The molecule has 1 atom stereocenters. The lowest BCUT2D eigenvalue weighted by Gasteiger charge is -2.30. The van der Waals surface area contributed by atoms with Crippen LogP contribution in [0, 0.1) is 28.8 Å². The number of nitrogens with zero attached hydrogens (tertiary/aromatic N) is 1. The predicted octanol–water partition coefficient (Wildman–Crippen LogP) is 0.872. The fourth-order valence-corrected chi connectivity index (χ4v) is 2.41. The van der Waals surface area contributed by atoms with Gasteiger partial charge in [0.25, 0.3) is 11.8 Å². The molecule has 1 aromatic rings. The van der Waals surface area contributed by atoms with Crippen molar-refractivity contribution in [2.24, 2.45) is 11.0 Å². The molecule has 1 unspecified atom stereocenters. The zero-order valence-corrected chi connectivity index (χ0v) is 14.8. The third-order valence-electron chi connectivity index (χ3n) is 4.10. The Morgan fingerprint density at radius 1 is 1.29 bits per heavy atom. The number of hydrogen-bond acceptors (Lipinski definition) is 6. The van der Waals surface area contributed by atoms with Crippen molar-refractivity contribution in [3.63, 3.8) is 0 Å². The van der Waals surface area contributed by atoms with Crippen LogP contribution in [0.4, 0.5) is 23.7 Å². The van der Waals surface area contributed by atoms with Crippen LogP contribution in [0.25, 0.3) is 0 Å². The van der Waals surface area contributed by atoms with Crippen molar-refractivity contribution in [1.82, 2.24) is 16.0 Å². The summed E-state index contributed by atoms with van der Waals surface area (Å²) in [4.78, 5) is 35.4. The molecule has 1 aromatic carbocycles. The van der Waals surface area contributed by atoms with Crippen LogP contribution >= 0.6 is 0 Å². The van der Waals surface area contributed by atoms with Crippen LogP contribution < -0.4 is 21.4 Å². The normalized spacial score (nSPS) is 18.9. The van der Waals surface area contributed by atoms with E-state index in [-0.39, 0.29) is 18.2 Å². The molecular formula is C16H17F3N6O3. The van der Waals surface area contributed by atoms with Gasteiger partial charge in [-0.05, 0) is 5.92 Å². The number of amides is 4. The van der Waals surface area contributed by atoms with Crippen LogP contribution in [0.15, 0.2) is 17.2 Å². The van der Waals surface area contributed by atoms with Gasteiger partial charge in [0.15, 0.2) is 17.5 Å². The maximum atomic E-state index is 13.1. The third kappa shape index (κ3) is 4.27. The lowest BCUT2D eigenvalue weighted by atomic mass is 9.86. The molecule has 1 aliphatic rings. The Bertz CT molecular complexity index is 850. The van der Waals surface area contributed by atoms with Crippen LogP contribution in [0.3, 0.4) is 0 Å². The van der Waals surface area contributed by atoms with Crippen molar-refractivity contribution in [1.29, 1.82) is 5.41 Å². The molecule has 0 bridgehead atoms. The highest BCUT2D eigenvalue weighted by molar-refractivity contribution is 6.59. The van der Waals surface area contributed by atoms with E-state index >= 15 is 0 Å². The molecule has 1 fully saturated rings. The minimum Gasteiger partial charge on any atom is -0.348 e. The molecule has 1 saturated heterocycles. The van der Waals surface area contributed by atoms with Crippen LogP contribution in [-0.2, 0) is 9.59 Å². The SMILES string of the molecule is CC(C)C1(CNC(=O)C(=N)/C=N\Nc2cc(F)c(F)c(F)c2)NC(=O)NC1=O. The van der Waals surface area contributed by atoms with Gasteiger partial charge in [0.05, 0.1) is 18.4 Å². The molecule has 0 saturated carbocycles. The monoisotopic (exact) mass is 398 g/mol. The number of rotatable bonds is 7. The largest absolute Gasteiger partial charge is 0.348 e. The highest BCUT2D eigenvalue weighted by Crippen LogP contribution is 2.20. The van der Waals surface area contributed by atoms with Gasteiger partial charge in [0, 0.05) is 12.1 Å². The highest BCUT2D eigenvalue weighted by Gasteiger charge is 2.48. The van der Waals surface area contributed by atoms with E-state index in [1.54, 1.807) is 13.8 Å². The van der Waals surface area contributed by atoms with Crippen molar-refractivity contribution in [2.45, 2.75) is 19.4 Å². The molecule has 0 spiro atoms. The zero-order valence-electron chi connectivity index (χ0n) is 14.8. The van der Waals surface area contributed by atoms with E-state index in [4.69, 9.17) is 5.41 Å². The first-order valence-electron chi connectivity index (χ1n) is 8.00. The lowest BCUT2D eigenvalue weighted by molar-refractivity contribution is -0.125. The number of urea groups is 1. The van der Waals surface area contributed by atoms with Crippen LogP contribution in [0.5, 0.6) is 0 Å². The molecule has 28 heavy (non-hydrogen) atoms. The molecule has 9 nitrogen and oxygen atoms in total. The molecule has 2 rings (SSSR count). The van der Waals surface area contributed by atoms with E-state index in [9.17, 15) is 27.6 Å². The molecule has 4 amide bonds. The molecule has 0 aromatic heterocycles. The van der Waals surface area contributed by atoms with E-state index in [2.05, 4.69) is 26.5 Å². The first-order valence-corrected chi connectivity index (χ1v) is 8.00. The van der Waals surface area contributed by atoms with Crippen molar-refractivity contribution in [2.75, 3.05) is 12.0 Å². The molecule has 0 radical (unpaired) electrons. The number of carbonyl (C=O) groups excluding carboxylic acids is 3. The van der Waals surface area contributed by atoms with Gasteiger partial charge >= 0.3 is 6.03 Å². The lowest BCUT2D eigenvalue weighted by Crippen LogP contribution is -2.59. The van der Waals surface area contributed by atoms with E-state index in [1.807, 2.05) is 0 Å². The van der Waals surface area contributed by atoms with Crippen LogP contribution in [0.1, 0.15) is 13.8 Å². The van der Waals surface area contributed by atoms with Gasteiger partial charge in [0.1, 0.15) is 11.3 Å². The topological polar surface area (TPSA) is 136 Å². The average Bonchev–Trinajstić information content (AvgIpc) is 2.91. The quantitative estimate of drug-likeness (QED) is 0.202. The molecule has 1 heterocycles. The summed E-state index contributed by atoms with van der Waals surface area (Å²) in [5.74, 6) is -6.36.